The lowest BCUT2D eigenvalue weighted by Gasteiger charge is -2.22. The monoisotopic (exact) mass is 484 g/mol. The van der Waals surface area contributed by atoms with Gasteiger partial charge in [0.1, 0.15) is 11.1 Å². The Morgan fingerprint density at radius 2 is 1.58 bits per heavy atom. The predicted octanol–water partition coefficient (Wildman–Crippen LogP) is 4.88. The van der Waals surface area contributed by atoms with Gasteiger partial charge in [0.05, 0.1) is 11.4 Å². The highest BCUT2D eigenvalue weighted by molar-refractivity contribution is 5.90. The molecule has 0 fully saturated rings. The molecule has 186 valence electrons. The molecule has 0 bridgehead atoms. The van der Waals surface area contributed by atoms with E-state index in [1.807, 2.05) is 54.6 Å². The molecule has 7 nitrogen and oxygen atoms in total. The third-order valence-electron chi connectivity index (χ3n) is 6.41. The summed E-state index contributed by atoms with van der Waals surface area (Å²) in [7, 11) is 0. The number of fused-ring (bicyclic) bond motifs is 1. The smallest absolute Gasteiger partial charge is 0.347 e. The predicted molar refractivity (Wildman–Crippen MR) is 142 cm³/mol. The van der Waals surface area contributed by atoms with E-state index in [-0.39, 0.29) is 5.56 Å². The summed E-state index contributed by atoms with van der Waals surface area (Å²) in [6.45, 7) is 8.01. The van der Waals surface area contributed by atoms with E-state index in [2.05, 4.69) is 33.6 Å². The molecule has 0 amide bonds. The number of pyridine rings is 2. The van der Waals surface area contributed by atoms with E-state index in [0.717, 1.165) is 54.1 Å². The molecule has 36 heavy (non-hydrogen) atoms. The number of anilines is 1. The van der Waals surface area contributed by atoms with Gasteiger partial charge in [-0.3, -0.25) is 19.7 Å². The molecule has 0 unspecified atom stereocenters. The molecule has 0 aliphatic rings. The van der Waals surface area contributed by atoms with Crippen LogP contribution in [0.3, 0.4) is 0 Å². The van der Waals surface area contributed by atoms with Crippen molar-refractivity contribution >= 4 is 22.9 Å². The summed E-state index contributed by atoms with van der Waals surface area (Å²) in [5.74, 6) is 0. The summed E-state index contributed by atoms with van der Waals surface area (Å²) in [5, 5.41) is 0.814. The summed E-state index contributed by atoms with van der Waals surface area (Å²) < 4.78 is 5.55. The number of carbonyl (C=O) groups excluding carboxylic acids is 1. The number of hydrogen-bond acceptors (Lipinski definition) is 7. The van der Waals surface area contributed by atoms with Crippen LogP contribution < -0.4 is 10.5 Å². The zero-order valence-corrected chi connectivity index (χ0v) is 20.9. The van der Waals surface area contributed by atoms with Crippen molar-refractivity contribution in [2.75, 3.05) is 24.5 Å². The minimum atomic E-state index is -0.581. The molecule has 0 saturated heterocycles. The summed E-state index contributed by atoms with van der Waals surface area (Å²) in [4.78, 5) is 37.9. The van der Waals surface area contributed by atoms with Gasteiger partial charge in [0, 0.05) is 55.7 Å². The lowest BCUT2D eigenvalue weighted by Crippen LogP contribution is -2.25. The average molecular weight is 485 g/mol. The van der Waals surface area contributed by atoms with Crippen LogP contribution in [0.2, 0.25) is 0 Å². The van der Waals surface area contributed by atoms with Gasteiger partial charge in [-0.2, -0.15) is 0 Å². The molecule has 0 saturated carbocycles. The number of aromatic nitrogens is 2. The maximum Gasteiger partial charge on any atom is 0.347 e. The van der Waals surface area contributed by atoms with Crippen LogP contribution in [0.25, 0.3) is 11.0 Å². The number of aldehydes is 1. The van der Waals surface area contributed by atoms with Gasteiger partial charge in [0.25, 0.3) is 0 Å². The Balaban J connectivity index is 1.57. The van der Waals surface area contributed by atoms with Crippen molar-refractivity contribution in [3.8, 4) is 0 Å². The summed E-state index contributed by atoms with van der Waals surface area (Å²) in [6.07, 6.45) is 5.57. The topological polar surface area (TPSA) is 79.5 Å². The van der Waals surface area contributed by atoms with Crippen LogP contribution in [-0.2, 0) is 19.5 Å². The molecule has 0 spiro atoms. The molecule has 1 aromatic carbocycles. The molecule has 4 rings (SSSR count). The van der Waals surface area contributed by atoms with Crippen LogP contribution >= 0.6 is 0 Å². The number of rotatable bonds is 12. The van der Waals surface area contributed by atoms with Gasteiger partial charge in [-0.25, -0.2) is 4.79 Å². The number of benzene rings is 1. The fourth-order valence-corrected chi connectivity index (χ4v) is 4.58. The van der Waals surface area contributed by atoms with Crippen molar-refractivity contribution in [1.82, 2.24) is 14.9 Å². The molecule has 7 heteroatoms. The average Bonchev–Trinajstić information content (AvgIpc) is 2.90. The van der Waals surface area contributed by atoms with Crippen LogP contribution in [0, 0.1) is 0 Å². The normalized spacial score (nSPS) is 11.2. The molecular formula is C29H32N4O3. The van der Waals surface area contributed by atoms with Crippen LogP contribution in [0.1, 0.15) is 47.6 Å². The minimum Gasteiger partial charge on any atom is -0.422 e. The van der Waals surface area contributed by atoms with Crippen molar-refractivity contribution in [2.24, 2.45) is 0 Å². The highest BCUT2D eigenvalue weighted by atomic mass is 16.4. The van der Waals surface area contributed by atoms with Gasteiger partial charge in [-0.05, 0) is 75.2 Å². The molecule has 3 aromatic heterocycles. The van der Waals surface area contributed by atoms with Crippen LogP contribution in [0.15, 0.2) is 76.2 Å². The van der Waals surface area contributed by atoms with Gasteiger partial charge in [0.15, 0.2) is 6.29 Å². The first-order valence-electron chi connectivity index (χ1n) is 12.4. The van der Waals surface area contributed by atoms with Crippen LogP contribution in [0.4, 0.5) is 5.69 Å². The summed E-state index contributed by atoms with van der Waals surface area (Å²) in [5.41, 5.74) is 3.76. The number of aryl methyl sites for hydroxylation is 1. The number of carbonyl (C=O) groups is 1. The first kappa shape index (κ1) is 25.3. The van der Waals surface area contributed by atoms with Crippen LogP contribution in [-0.4, -0.2) is 40.8 Å². The Morgan fingerprint density at radius 3 is 2.14 bits per heavy atom. The fraction of sp³-hybridized carbons (Fsp3) is 0.310. The quantitative estimate of drug-likeness (QED) is 0.209. The zero-order valence-electron chi connectivity index (χ0n) is 20.9. The molecule has 3 heterocycles. The summed E-state index contributed by atoms with van der Waals surface area (Å²) in [6, 6.07) is 17.7. The van der Waals surface area contributed by atoms with Crippen molar-refractivity contribution in [3.05, 3.63) is 99.9 Å². The fourth-order valence-electron chi connectivity index (χ4n) is 4.58. The maximum atomic E-state index is 12.6. The van der Waals surface area contributed by atoms with E-state index < -0.39 is 5.63 Å². The largest absolute Gasteiger partial charge is 0.422 e. The Morgan fingerprint density at radius 1 is 0.917 bits per heavy atom. The SMILES string of the molecule is CCN(CC)c1ccc2c(CCCN(Cc3ccccn3)Cc3ccccn3)c(C=O)c(=O)oc2c1. The number of nitrogens with zero attached hydrogens (tertiary/aromatic N) is 4. The van der Waals surface area contributed by atoms with Gasteiger partial charge in [-0.15, -0.1) is 0 Å². The zero-order chi connectivity index (χ0) is 25.3. The third-order valence-corrected chi connectivity index (χ3v) is 6.41. The lowest BCUT2D eigenvalue weighted by atomic mass is 10.00. The second-order valence-electron chi connectivity index (χ2n) is 8.71. The Labute approximate surface area is 211 Å². The first-order chi connectivity index (χ1) is 17.6. The minimum absolute atomic E-state index is 0.110. The maximum absolute atomic E-state index is 12.6. The van der Waals surface area contributed by atoms with Crippen molar-refractivity contribution in [2.45, 2.75) is 39.8 Å². The molecule has 0 aliphatic carbocycles. The van der Waals surface area contributed by atoms with Crippen LogP contribution in [0.5, 0.6) is 0 Å². The highest BCUT2D eigenvalue weighted by Crippen LogP contribution is 2.26. The van der Waals surface area contributed by atoms with Gasteiger partial charge < -0.3 is 9.32 Å². The number of hydrogen-bond donors (Lipinski definition) is 0. The Kier molecular flexibility index (Phi) is 8.57. The van der Waals surface area contributed by atoms with E-state index in [1.54, 1.807) is 12.4 Å². The van der Waals surface area contributed by atoms with Gasteiger partial charge in [0.2, 0.25) is 0 Å². The molecule has 0 aliphatic heterocycles. The Hall–Kier alpha value is -3.84. The molecular weight excluding hydrogens is 452 g/mol. The molecule has 0 atom stereocenters. The standard InChI is InChI=1S/C29H32N4O3/c1-3-33(4-2)24-13-14-26-25(27(21-34)29(35)36-28(26)18-24)12-9-17-32(19-22-10-5-7-15-30-22)20-23-11-6-8-16-31-23/h5-8,10-11,13-16,18,21H,3-4,9,12,17,19-20H2,1-2H3. The second-order valence-corrected chi connectivity index (χ2v) is 8.71. The molecule has 0 N–H and O–H groups in total. The van der Waals surface area contributed by atoms with E-state index in [4.69, 9.17) is 4.42 Å². The van der Waals surface area contributed by atoms with E-state index >= 15 is 0 Å². The van der Waals surface area contributed by atoms with Gasteiger partial charge >= 0.3 is 5.63 Å². The third kappa shape index (κ3) is 6.04. The molecule has 0 radical (unpaired) electrons. The van der Waals surface area contributed by atoms with E-state index in [9.17, 15) is 9.59 Å². The first-order valence-corrected chi connectivity index (χ1v) is 12.4. The molecule has 4 aromatic rings. The van der Waals surface area contributed by atoms with E-state index in [0.29, 0.717) is 31.4 Å². The Bertz CT molecular complexity index is 1290. The van der Waals surface area contributed by atoms with Crippen molar-refractivity contribution < 1.29 is 9.21 Å². The van der Waals surface area contributed by atoms with Gasteiger partial charge in [-0.1, -0.05) is 12.1 Å². The van der Waals surface area contributed by atoms with E-state index in [1.165, 1.54) is 0 Å². The van der Waals surface area contributed by atoms with Crippen molar-refractivity contribution in [3.63, 3.8) is 0 Å². The summed E-state index contributed by atoms with van der Waals surface area (Å²) >= 11 is 0. The second kappa shape index (κ2) is 12.2. The lowest BCUT2D eigenvalue weighted by molar-refractivity contribution is 0.111. The highest BCUT2D eigenvalue weighted by Gasteiger charge is 2.16. The van der Waals surface area contributed by atoms with Crippen molar-refractivity contribution in [1.29, 1.82) is 0 Å².